The third-order valence-electron chi connectivity index (χ3n) is 5.88. The normalized spacial score (nSPS) is 16.1. The number of nitrogens with one attached hydrogen (secondary N) is 1. The van der Waals surface area contributed by atoms with Crippen LogP contribution in [-0.2, 0) is 17.8 Å². The molecule has 0 radical (unpaired) electrons. The summed E-state index contributed by atoms with van der Waals surface area (Å²) in [6.45, 7) is 1.24. The molecule has 2 aliphatic rings. The molecule has 0 unspecified atom stereocenters. The molecule has 35 heavy (non-hydrogen) atoms. The highest BCUT2D eigenvalue weighted by Crippen LogP contribution is 2.50. The summed E-state index contributed by atoms with van der Waals surface area (Å²) in [5, 5.41) is 11.7. The van der Waals surface area contributed by atoms with Crippen molar-refractivity contribution < 1.29 is 33.0 Å². The van der Waals surface area contributed by atoms with E-state index in [0.29, 0.717) is 48.9 Å². The van der Waals surface area contributed by atoms with Crippen LogP contribution < -0.4 is 29.0 Å². The van der Waals surface area contributed by atoms with Gasteiger partial charge in [-0.2, -0.15) is 0 Å². The Kier molecular flexibility index (Phi) is 6.62. The Morgan fingerprint density at radius 1 is 0.971 bits per heavy atom. The van der Waals surface area contributed by atoms with E-state index in [4.69, 9.17) is 33.0 Å². The Morgan fingerprint density at radius 3 is 2.57 bits per heavy atom. The molecular formula is C25H27N3O7. The zero-order valence-corrected chi connectivity index (χ0v) is 19.8. The number of methoxy groups -OCH3 is 3. The highest BCUT2D eigenvalue weighted by atomic mass is 16.7. The van der Waals surface area contributed by atoms with Gasteiger partial charge < -0.3 is 38.4 Å². The monoisotopic (exact) mass is 481 g/mol. The summed E-state index contributed by atoms with van der Waals surface area (Å²) in [6, 6.07) is 11.5. The SMILES string of the molecule is COc1ccc(-c2cc(CNCC3=NO[C@H](Cc4cc(OC)c5c(c4OC)OCO5)C3)on2)cc1. The molecule has 5 rings (SSSR count). The molecule has 184 valence electrons. The third kappa shape index (κ3) is 4.83. The Hall–Kier alpha value is -3.92. The standard InChI is InChI=1S/C25H27N3O7/c1-29-18-6-4-15(5-7-18)21-11-20(35-28-21)13-26-12-17-10-19(34-27-17)8-16-9-22(30-2)24-25(23(16)31-3)33-14-32-24/h4-7,9,11,19,26H,8,10,12-14H2,1-3H3/t19-/m1/s1. The van der Waals surface area contributed by atoms with Crippen molar-refractivity contribution in [2.75, 3.05) is 34.7 Å². The summed E-state index contributed by atoms with van der Waals surface area (Å²) in [7, 11) is 4.85. The lowest BCUT2D eigenvalue weighted by Gasteiger charge is -2.15. The lowest BCUT2D eigenvalue weighted by Crippen LogP contribution is -2.23. The van der Waals surface area contributed by atoms with Gasteiger partial charge in [0.2, 0.25) is 18.3 Å². The maximum Gasteiger partial charge on any atom is 0.231 e. The Bertz CT molecular complexity index is 1210. The van der Waals surface area contributed by atoms with Gasteiger partial charge in [0.25, 0.3) is 0 Å². The second-order valence-corrected chi connectivity index (χ2v) is 8.14. The van der Waals surface area contributed by atoms with Gasteiger partial charge in [0, 0.05) is 36.6 Å². The molecular weight excluding hydrogens is 454 g/mol. The van der Waals surface area contributed by atoms with Crippen molar-refractivity contribution >= 4 is 5.71 Å². The quantitative estimate of drug-likeness (QED) is 0.465. The maximum atomic E-state index is 5.68. The first-order chi connectivity index (χ1) is 17.2. The molecule has 2 aromatic carbocycles. The molecule has 1 N–H and O–H groups in total. The summed E-state index contributed by atoms with van der Waals surface area (Å²) in [5.74, 6) is 3.90. The zero-order chi connectivity index (χ0) is 24.2. The zero-order valence-electron chi connectivity index (χ0n) is 19.8. The van der Waals surface area contributed by atoms with Crippen LogP contribution in [-0.4, -0.2) is 51.6 Å². The highest BCUT2D eigenvalue weighted by molar-refractivity contribution is 5.87. The van der Waals surface area contributed by atoms with Gasteiger partial charge in [-0.1, -0.05) is 10.3 Å². The van der Waals surface area contributed by atoms with E-state index in [-0.39, 0.29) is 12.9 Å². The number of aromatic nitrogens is 1. The summed E-state index contributed by atoms with van der Waals surface area (Å²) in [5.41, 5.74) is 3.58. The van der Waals surface area contributed by atoms with Crippen molar-refractivity contribution in [1.29, 1.82) is 0 Å². The van der Waals surface area contributed by atoms with E-state index < -0.39 is 0 Å². The van der Waals surface area contributed by atoms with Crippen molar-refractivity contribution in [3.05, 3.63) is 47.7 Å². The number of hydrogen-bond acceptors (Lipinski definition) is 10. The number of fused-ring (bicyclic) bond motifs is 1. The Balaban J connectivity index is 1.13. The van der Waals surface area contributed by atoms with Gasteiger partial charge in [0.15, 0.2) is 17.3 Å². The maximum absolute atomic E-state index is 5.68. The molecule has 0 bridgehead atoms. The van der Waals surface area contributed by atoms with Crippen molar-refractivity contribution in [2.45, 2.75) is 25.5 Å². The molecule has 3 aromatic rings. The van der Waals surface area contributed by atoms with Crippen molar-refractivity contribution in [3.8, 4) is 40.0 Å². The molecule has 0 spiro atoms. The first-order valence-electron chi connectivity index (χ1n) is 11.2. The minimum atomic E-state index is -0.113. The van der Waals surface area contributed by atoms with E-state index in [1.807, 2.05) is 36.4 Å². The minimum Gasteiger partial charge on any atom is -0.497 e. The van der Waals surface area contributed by atoms with Crippen molar-refractivity contribution in [2.24, 2.45) is 5.16 Å². The fraction of sp³-hybridized carbons (Fsp3) is 0.360. The van der Waals surface area contributed by atoms with E-state index >= 15 is 0 Å². The predicted molar refractivity (Wildman–Crippen MR) is 126 cm³/mol. The van der Waals surface area contributed by atoms with E-state index in [1.54, 1.807) is 21.3 Å². The molecule has 2 aliphatic heterocycles. The average molecular weight is 482 g/mol. The molecule has 10 nitrogen and oxygen atoms in total. The van der Waals surface area contributed by atoms with Gasteiger partial charge in [-0.3, -0.25) is 0 Å². The number of hydrogen-bond donors (Lipinski definition) is 1. The summed E-state index contributed by atoms with van der Waals surface area (Å²) < 4.78 is 32.8. The largest absolute Gasteiger partial charge is 0.497 e. The van der Waals surface area contributed by atoms with Gasteiger partial charge in [-0.05, 0) is 30.3 Å². The lowest BCUT2D eigenvalue weighted by molar-refractivity contribution is 0.0853. The van der Waals surface area contributed by atoms with E-state index in [9.17, 15) is 0 Å². The second-order valence-electron chi connectivity index (χ2n) is 8.14. The molecule has 0 aliphatic carbocycles. The third-order valence-corrected chi connectivity index (χ3v) is 5.88. The summed E-state index contributed by atoms with van der Waals surface area (Å²) in [4.78, 5) is 5.68. The van der Waals surface area contributed by atoms with Gasteiger partial charge in [0.05, 0.1) is 33.6 Å². The number of rotatable bonds is 10. The van der Waals surface area contributed by atoms with E-state index in [2.05, 4.69) is 15.6 Å². The fourth-order valence-corrected chi connectivity index (χ4v) is 4.16. The molecule has 10 heteroatoms. The van der Waals surface area contributed by atoms with Crippen molar-refractivity contribution in [1.82, 2.24) is 10.5 Å². The van der Waals surface area contributed by atoms with E-state index in [0.717, 1.165) is 34.0 Å². The van der Waals surface area contributed by atoms with Crippen LogP contribution in [0.4, 0.5) is 0 Å². The van der Waals surface area contributed by atoms with Crippen LogP contribution in [0, 0.1) is 0 Å². The minimum absolute atomic E-state index is 0.113. The second kappa shape index (κ2) is 10.1. The number of benzene rings is 2. The molecule has 0 fully saturated rings. The van der Waals surface area contributed by atoms with Gasteiger partial charge in [-0.25, -0.2) is 0 Å². The molecule has 3 heterocycles. The topological polar surface area (TPSA) is 106 Å². The van der Waals surface area contributed by atoms with Crippen LogP contribution in [0.3, 0.4) is 0 Å². The molecule has 1 aromatic heterocycles. The lowest BCUT2D eigenvalue weighted by atomic mass is 10.0. The smallest absolute Gasteiger partial charge is 0.231 e. The van der Waals surface area contributed by atoms with Crippen LogP contribution in [0.1, 0.15) is 17.7 Å². The highest BCUT2D eigenvalue weighted by Gasteiger charge is 2.30. The van der Waals surface area contributed by atoms with Crippen LogP contribution in [0.5, 0.6) is 28.7 Å². The predicted octanol–water partition coefficient (Wildman–Crippen LogP) is 3.57. The number of nitrogens with zero attached hydrogens (tertiary/aromatic N) is 2. The molecule has 0 amide bonds. The van der Waals surface area contributed by atoms with Gasteiger partial charge in [-0.15, -0.1) is 0 Å². The first kappa shape index (κ1) is 22.9. The summed E-state index contributed by atoms with van der Waals surface area (Å²) >= 11 is 0. The molecule has 1 atom stereocenters. The van der Waals surface area contributed by atoms with Crippen LogP contribution in [0.2, 0.25) is 0 Å². The van der Waals surface area contributed by atoms with Gasteiger partial charge in [0.1, 0.15) is 17.5 Å². The fourth-order valence-electron chi connectivity index (χ4n) is 4.16. The van der Waals surface area contributed by atoms with E-state index in [1.165, 1.54) is 0 Å². The average Bonchev–Trinajstić information content (AvgIpc) is 3.65. The van der Waals surface area contributed by atoms with Gasteiger partial charge >= 0.3 is 0 Å². The Labute approximate surface area is 202 Å². The molecule has 0 saturated carbocycles. The van der Waals surface area contributed by atoms with Crippen molar-refractivity contribution in [3.63, 3.8) is 0 Å². The first-order valence-corrected chi connectivity index (χ1v) is 11.2. The van der Waals surface area contributed by atoms with Crippen LogP contribution in [0.25, 0.3) is 11.3 Å². The van der Waals surface area contributed by atoms with Crippen LogP contribution in [0.15, 0.2) is 46.1 Å². The number of oxime groups is 1. The summed E-state index contributed by atoms with van der Waals surface area (Å²) in [6.07, 6.45) is 1.18. The van der Waals surface area contributed by atoms with Crippen LogP contribution >= 0.6 is 0 Å². The Morgan fingerprint density at radius 2 is 1.80 bits per heavy atom. The number of ether oxygens (including phenoxy) is 5. The molecule has 0 saturated heterocycles.